The van der Waals surface area contributed by atoms with Gasteiger partial charge in [0.2, 0.25) is 0 Å². The number of nitrogens with two attached hydrogens (primary N) is 3. The van der Waals surface area contributed by atoms with Gasteiger partial charge in [-0.3, -0.25) is 9.79 Å². The summed E-state index contributed by atoms with van der Waals surface area (Å²) < 4.78 is 0. The standard InChI is InChI=1S/C6H14N4O2/c7-4(5(11)12)2-1-3-10-6(8)9/h4H,1-3,7H2,(H,11,12)(H4,8,9,10)/i1+1,2+1,3+1,4+1,5+1,6+1,7+1,8+1,9+1,10+1. The summed E-state index contributed by atoms with van der Waals surface area (Å²) in [7, 11) is 0. The van der Waals surface area contributed by atoms with E-state index in [-0.39, 0.29) is 5.96 Å². The van der Waals surface area contributed by atoms with E-state index >= 15 is 0 Å². The van der Waals surface area contributed by atoms with Crippen LogP contribution in [0.2, 0.25) is 0 Å². The number of rotatable bonds is 5. The molecule has 0 radical (unpaired) electrons. The zero-order valence-electron chi connectivity index (χ0n) is 6.73. The van der Waals surface area contributed by atoms with Crippen LogP contribution in [-0.2, 0) is 4.79 Å². The fourth-order valence-electron chi connectivity index (χ4n) is 0.643. The fraction of sp³-hybridized carbons (Fsp3) is 0.667. The van der Waals surface area contributed by atoms with Crippen LogP contribution in [0.4, 0.5) is 0 Å². The molecule has 0 aromatic carbocycles. The zero-order chi connectivity index (χ0) is 9.56. The Morgan fingerprint density at radius 3 is 2.50 bits per heavy atom. The highest BCUT2D eigenvalue weighted by molar-refractivity contribution is 5.75. The second-order valence-corrected chi connectivity index (χ2v) is 2.39. The summed E-state index contributed by atoms with van der Waals surface area (Å²) in [6.07, 6.45) is 0.956. The Morgan fingerprint density at radius 1 is 1.50 bits per heavy atom. The van der Waals surface area contributed by atoms with Gasteiger partial charge in [-0.05, 0) is 12.8 Å². The van der Waals surface area contributed by atoms with Crippen LogP contribution >= 0.6 is 0 Å². The molecule has 0 saturated carbocycles. The average molecular weight is 184 g/mol. The number of aliphatic imine (C=N–C) groups is 1. The van der Waals surface area contributed by atoms with Crippen molar-refractivity contribution < 1.29 is 9.90 Å². The normalized spacial score (nSPS) is 12.1. The van der Waals surface area contributed by atoms with Crippen LogP contribution in [-0.4, -0.2) is 29.6 Å². The third-order valence-corrected chi connectivity index (χ3v) is 1.28. The SMILES string of the molecule is [15NH2][13C]([15NH2])=[15N][13CH2][13CH2][13CH2][13CH]([15NH2])[13C](=O)O. The number of carboxylic acid groups (broad SMARTS) is 1. The van der Waals surface area contributed by atoms with Gasteiger partial charge in [-0.25, -0.2) is 0 Å². The first-order valence-electron chi connectivity index (χ1n) is 3.58. The van der Waals surface area contributed by atoms with Crippen LogP contribution in [0, 0.1) is 0 Å². The molecule has 0 rings (SSSR count). The van der Waals surface area contributed by atoms with E-state index in [1.54, 1.807) is 0 Å². The van der Waals surface area contributed by atoms with Gasteiger partial charge in [-0.2, -0.15) is 0 Å². The van der Waals surface area contributed by atoms with E-state index in [4.69, 9.17) is 22.3 Å². The molecule has 0 aliphatic carbocycles. The predicted octanol–water partition coefficient (Wildman–Crippen LogP) is -1.55. The van der Waals surface area contributed by atoms with E-state index in [0.29, 0.717) is 19.4 Å². The third-order valence-electron chi connectivity index (χ3n) is 1.28. The van der Waals surface area contributed by atoms with Gasteiger partial charge in [0, 0.05) is 6.54 Å². The van der Waals surface area contributed by atoms with Crippen molar-refractivity contribution in [2.24, 2.45) is 22.2 Å². The van der Waals surface area contributed by atoms with Crippen molar-refractivity contribution in [3.8, 4) is 0 Å². The van der Waals surface area contributed by atoms with Crippen molar-refractivity contribution in [3.63, 3.8) is 0 Å². The number of hydrogen-bond donors (Lipinski definition) is 4. The molecule has 6 nitrogen and oxygen atoms in total. The molecule has 7 N–H and O–H groups in total. The maximum atomic E-state index is 10.2. The molecule has 0 aromatic heterocycles. The van der Waals surface area contributed by atoms with Crippen molar-refractivity contribution >= 4 is 11.9 Å². The highest BCUT2D eigenvalue weighted by Gasteiger charge is 2.09. The number of aliphatic carboxylic acids is 1. The van der Waals surface area contributed by atoms with Gasteiger partial charge in [0.1, 0.15) is 6.04 Å². The summed E-state index contributed by atoms with van der Waals surface area (Å²) in [5.74, 6) is -0.987. The molecule has 0 saturated heterocycles. The molecule has 1 atom stereocenters. The van der Waals surface area contributed by atoms with Crippen molar-refractivity contribution in [1.29, 1.82) is 0 Å². The van der Waals surface area contributed by atoms with Gasteiger partial charge in [0.25, 0.3) is 0 Å². The molecule has 0 spiro atoms. The Labute approximate surface area is 70.4 Å². The summed E-state index contributed by atoms with van der Waals surface area (Å²) in [4.78, 5) is 13.9. The van der Waals surface area contributed by atoms with Gasteiger partial charge >= 0.3 is 5.97 Å². The van der Waals surface area contributed by atoms with Crippen molar-refractivity contribution in [3.05, 3.63) is 0 Å². The van der Waals surface area contributed by atoms with Gasteiger partial charge in [0.05, 0.1) is 0 Å². The van der Waals surface area contributed by atoms with Crippen molar-refractivity contribution in [1.82, 2.24) is 0 Å². The lowest BCUT2D eigenvalue weighted by Crippen LogP contribution is -2.30. The molecule has 0 bridgehead atoms. The molecule has 0 fully saturated rings. The highest BCUT2D eigenvalue weighted by atomic mass is 16.5. The van der Waals surface area contributed by atoms with E-state index in [2.05, 4.69) is 4.99 Å². The minimum Gasteiger partial charge on any atom is -0.480 e. The van der Waals surface area contributed by atoms with E-state index in [1.165, 1.54) is 0 Å². The molecule has 0 aliphatic rings. The van der Waals surface area contributed by atoms with Crippen LogP contribution in [0.3, 0.4) is 0 Å². The lowest BCUT2D eigenvalue weighted by Gasteiger charge is -2.03. The van der Waals surface area contributed by atoms with Gasteiger partial charge in [-0.15, -0.1) is 0 Å². The van der Waals surface area contributed by atoms with E-state index in [9.17, 15) is 4.79 Å². The fourth-order valence-corrected chi connectivity index (χ4v) is 0.643. The van der Waals surface area contributed by atoms with Gasteiger partial charge < -0.3 is 22.3 Å². The summed E-state index contributed by atoms with van der Waals surface area (Å²) in [5.41, 5.74) is 15.3. The molecule has 0 heterocycles. The number of hydrogen-bond acceptors (Lipinski definition) is 3. The maximum absolute atomic E-state index is 10.2. The Kier molecular flexibility index (Phi) is 4.78. The quantitative estimate of drug-likeness (QED) is 0.135. The molecule has 0 aliphatic heterocycles. The Bertz CT molecular complexity index is 176. The molecule has 6 heteroatoms. The molecule has 0 amide bonds. The molecule has 0 aromatic rings. The second kappa shape index (κ2) is 5.36. The number of carboxylic acids is 1. The summed E-state index contributed by atoms with van der Waals surface area (Å²) in [6.45, 7) is 0.420. The van der Waals surface area contributed by atoms with Crippen LogP contribution < -0.4 is 17.2 Å². The van der Waals surface area contributed by atoms with Crippen molar-refractivity contribution in [2.45, 2.75) is 18.9 Å². The topological polar surface area (TPSA) is 128 Å². The summed E-state index contributed by atoms with van der Waals surface area (Å²) in [6, 6.07) is -0.820. The summed E-state index contributed by atoms with van der Waals surface area (Å²) in [5, 5.41) is 8.38. The van der Waals surface area contributed by atoms with Crippen LogP contribution in [0.1, 0.15) is 12.8 Å². The van der Waals surface area contributed by atoms with E-state index in [0.717, 1.165) is 0 Å². The largest absolute Gasteiger partial charge is 0.480 e. The number of nitrogens with zero attached hydrogens (tertiary/aromatic N) is 1. The van der Waals surface area contributed by atoms with Crippen molar-refractivity contribution in [2.75, 3.05) is 6.54 Å². The lowest BCUT2D eigenvalue weighted by atomic mass is 11.1. The Balaban J connectivity index is 3.44. The minimum absolute atomic E-state index is 0.0129. The molecular weight excluding hydrogens is 170 g/mol. The first kappa shape index (κ1) is 10.7. The first-order valence-corrected chi connectivity index (χ1v) is 3.58. The molecule has 1 unspecified atom stereocenters. The molecular formula is C6H14N4O2. The second-order valence-electron chi connectivity index (χ2n) is 2.39. The average Bonchev–Trinajstić information content (AvgIpc) is 1.97. The summed E-state index contributed by atoms with van der Waals surface area (Å²) >= 11 is 0. The van der Waals surface area contributed by atoms with Gasteiger partial charge in [0.15, 0.2) is 5.96 Å². The van der Waals surface area contributed by atoms with Crippen LogP contribution in [0.5, 0.6) is 0 Å². The molecule has 12 heavy (non-hydrogen) atoms. The third kappa shape index (κ3) is 5.48. The predicted molar refractivity (Wildman–Crippen MR) is 45.5 cm³/mol. The monoisotopic (exact) mass is 184 g/mol. The molecule has 70 valence electrons. The Hall–Kier alpha value is -1.30. The lowest BCUT2D eigenvalue weighted by molar-refractivity contribution is -0.138. The van der Waals surface area contributed by atoms with E-state index < -0.39 is 12.0 Å². The maximum Gasteiger partial charge on any atom is 0.320 e. The van der Waals surface area contributed by atoms with E-state index in [1.807, 2.05) is 0 Å². The minimum atomic E-state index is -1.00. The first-order chi connectivity index (χ1) is 5.54. The number of carbonyl (C=O) groups is 1. The van der Waals surface area contributed by atoms with Crippen LogP contribution in [0.25, 0.3) is 0 Å². The van der Waals surface area contributed by atoms with Gasteiger partial charge in [-0.1, -0.05) is 0 Å². The van der Waals surface area contributed by atoms with Crippen LogP contribution in [0.15, 0.2) is 4.99 Å². The number of guanidine groups is 1. The highest BCUT2D eigenvalue weighted by Crippen LogP contribution is 1.94. The zero-order valence-corrected chi connectivity index (χ0v) is 6.73. The Morgan fingerprint density at radius 2 is 2.08 bits per heavy atom. The smallest absolute Gasteiger partial charge is 0.320 e.